The van der Waals surface area contributed by atoms with Crippen LogP contribution < -0.4 is 5.32 Å². The smallest absolute Gasteiger partial charge is 0.220 e. The van der Waals surface area contributed by atoms with Crippen LogP contribution in [0.3, 0.4) is 0 Å². The molecule has 2 heterocycles. The van der Waals surface area contributed by atoms with Crippen molar-refractivity contribution >= 4 is 5.91 Å². The number of aliphatic hydroxyl groups is 8. The quantitative estimate of drug-likeness (QED) is 0.0204. The summed E-state index contributed by atoms with van der Waals surface area (Å²) in [7, 11) is 0. The van der Waals surface area contributed by atoms with Gasteiger partial charge in [-0.2, -0.15) is 0 Å². The van der Waals surface area contributed by atoms with E-state index in [2.05, 4.69) is 43.5 Å². The average molecular weight is 1480 g/mol. The molecule has 0 aliphatic carbocycles. The van der Waals surface area contributed by atoms with Crippen molar-refractivity contribution in [3.63, 3.8) is 0 Å². The molecule has 614 valence electrons. The minimum absolute atomic E-state index is 0.244. The zero-order chi connectivity index (χ0) is 75.1. The van der Waals surface area contributed by atoms with Crippen LogP contribution in [0.1, 0.15) is 438 Å². The second kappa shape index (κ2) is 74.0. The Morgan fingerprint density at radius 1 is 0.337 bits per heavy atom. The summed E-state index contributed by atoms with van der Waals surface area (Å²) in [6.45, 7) is 2.86. The highest BCUT2D eigenvalue weighted by Crippen LogP contribution is 2.31. The molecule has 104 heavy (non-hydrogen) atoms. The molecule has 0 aromatic heterocycles. The van der Waals surface area contributed by atoms with Gasteiger partial charge >= 0.3 is 0 Å². The van der Waals surface area contributed by atoms with Gasteiger partial charge in [0.2, 0.25) is 5.91 Å². The standard InChI is InChI=1S/C90H171NO13/c1-3-5-7-9-11-13-15-17-19-21-23-25-27-29-31-33-35-36-37-38-39-40-41-42-43-44-46-48-50-52-54-56-58-60-62-64-66-68-70-72-74-82(95)91-78(77-101-89-87(100)85(98)88(81(76-93)103-89)104-90-86(99)84(97)83(96)80(75-92)102-90)79(94)73-71-69-67-65-63-61-59-57-55-53-51-49-47-45-34-32-30-28-26-24-22-20-18-16-14-12-10-8-6-4-2/h55,57,63,65,71,73,78-81,83-90,92-94,96-100H,3-54,56,58-62,64,66-70,72,74-77H2,1-2H3,(H,91,95)/b57-55+,65-63+,73-71+. The van der Waals surface area contributed by atoms with Crippen LogP contribution in [0.15, 0.2) is 36.5 Å². The molecule has 0 bridgehead atoms. The van der Waals surface area contributed by atoms with Gasteiger partial charge in [0.05, 0.1) is 32.0 Å². The predicted molar refractivity (Wildman–Crippen MR) is 434 cm³/mol. The molecule has 2 aliphatic rings. The van der Waals surface area contributed by atoms with Crippen LogP contribution in [0.5, 0.6) is 0 Å². The van der Waals surface area contributed by atoms with Crippen molar-refractivity contribution in [2.75, 3.05) is 19.8 Å². The molecule has 2 fully saturated rings. The summed E-state index contributed by atoms with van der Waals surface area (Å²) in [5, 5.41) is 87.8. The van der Waals surface area contributed by atoms with Gasteiger partial charge < -0.3 is 65.1 Å². The number of carbonyl (C=O) groups excluding carboxylic acids is 1. The number of hydrogen-bond acceptors (Lipinski definition) is 13. The maximum atomic E-state index is 13.4. The van der Waals surface area contributed by atoms with Crippen molar-refractivity contribution in [2.24, 2.45) is 0 Å². The fraction of sp³-hybridized carbons (Fsp3) is 0.922. The third-order valence-corrected chi connectivity index (χ3v) is 22.3. The number of carbonyl (C=O) groups is 1. The lowest BCUT2D eigenvalue weighted by atomic mass is 9.97. The largest absolute Gasteiger partial charge is 0.394 e. The molecule has 12 atom stereocenters. The molecule has 12 unspecified atom stereocenters. The Kier molecular flexibility index (Phi) is 69.9. The molecule has 2 rings (SSSR count). The Morgan fingerprint density at radius 3 is 0.942 bits per heavy atom. The van der Waals surface area contributed by atoms with Gasteiger partial charge in [-0.25, -0.2) is 0 Å². The van der Waals surface area contributed by atoms with E-state index >= 15 is 0 Å². The molecular formula is C90H171NO13. The van der Waals surface area contributed by atoms with Gasteiger partial charge in [-0.05, 0) is 44.9 Å². The van der Waals surface area contributed by atoms with Crippen LogP contribution in [0.4, 0.5) is 0 Å². The SMILES string of the molecule is CCCCCCCCCCCCCCCCCCCCCC/C=C/CC/C=C/CC/C=C/C(O)C(COC1OC(CO)C(OC2OC(CO)C(O)C(O)C2O)C(O)C1O)NC(=O)CCCCCCCCCCCCCCCCCCCCCCCCCCCCCCCCCCCCCCCCCC. The minimum atomic E-state index is -1.79. The van der Waals surface area contributed by atoms with Gasteiger partial charge in [-0.1, -0.05) is 423 Å². The molecule has 1 amide bonds. The number of ether oxygens (including phenoxy) is 4. The van der Waals surface area contributed by atoms with E-state index in [0.29, 0.717) is 12.8 Å². The first-order valence-corrected chi connectivity index (χ1v) is 45.2. The van der Waals surface area contributed by atoms with E-state index in [1.807, 2.05) is 6.08 Å². The molecule has 0 spiro atoms. The summed E-state index contributed by atoms with van der Waals surface area (Å²) in [4.78, 5) is 13.4. The summed E-state index contributed by atoms with van der Waals surface area (Å²) in [5.41, 5.74) is 0. The molecular weight excluding hydrogens is 1300 g/mol. The fourth-order valence-electron chi connectivity index (χ4n) is 15.2. The second-order valence-electron chi connectivity index (χ2n) is 32.1. The van der Waals surface area contributed by atoms with E-state index in [4.69, 9.17) is 18.9 Å². The Bertz CT molecular complexity index is 1890. The molecule has 0 aromatic rings. The second-order valence-corrected chi connectivity index (χ2v) is 32.1. The molecule has 9 N–H and O–H groups in total. The van der Waals surface area contributed by atoms with Crippen LogP contribution in [-0.2, 0) is 23.7 Å². The first-order chi connectivity index (χ1) is 51.1. The number of nitrogens with one attached hydrogen (secondary N) is 1. The number of hydrogen-bond donors (Lipinski definition) is 9. The number of rotatable bonds is 78. The Morgan fingerprint density at radius 2 is 0.615 bits per heavy atom. The van der Waals surface area contributed by atoms with Crippen molar-refractivity contribution < 1.29 is 64.6 Å². The van der Waals surface area contributed by atoms with Crippen molar-refractivity contribution in [2.45, 2.75) is 511 Å². The lowest BCUT2D eigenvalue weighted by Crippen LogP contribution is -2.65. The normalized spacial score (nSPS) is 21.6. The lowest BCUT2D eigenvalue weighted by molar-refractivity contribution is -0.359. The maximum Gasteiger partial charge on any atom is 0.220 e. The summed E-state index contributed by atoms with van der Waals surface area (Å²) < 4.78 is 22.9. The highest BCUT2D eigenvalue weighted by atomic mass is 16.7. The summed E-state index contributed by atoms with van der Waals surface area (Å²) >= 11 is 0. The average Bonchev–Trinajstić information content (AvgIpc) is 0.788. The first kappa shape index (κ1) is 98.3. The van der Waals surface area contributed by atoms with Crippen molar-refractivity contribution in [1.82, 2.24) is 5.32 Å². The summed E-state index contributed by atoms with van der Waals surface area (Å²) in [6, 6.07) is -0.939. The Labute approximate surface area is 640 Å². The number of aliphatic hydroxyl groups excluding tert-OH is 8. The van der Waals surface area contributed by atoms with E-state index in [1.165, 1.54) is 360 Å². The summed E-state index contributed by atoms with van der Waals surface area (Å²) in [6.07, 6.45) is 82.9. The zero-order valence-electron chi connectivity index (χ0n) is 67.8. The number of amides is 1. The van der Waals surface area contributed by atoms with E-state index < -0.39 is 86.8 Å². The van der Waals surface area contributed by atoms with Gasteiger partial charge in [0.1, 0.15) is 48.8 Å². The topological polar surface area (TPSA) is 228 Å². The van der Waals surface area contributed by atoms with Crippen LogP contribution in [0.25, 0.3) is 0 Å². The van der Waals surface area contributed by atoms with Gasteiger partial charge in [-0.3, -0.25) is 4.79 Å². The van der Waals surface area contributed by atoms with Gasteiger partial charge in [0.15, 0.2) is 12.6 Å². The molecule has 0 saturated carbocycles. The van der Waals surface area contributed by atoms with Gasteiger partial charge in [-0.15, -0.1) is 0 Å². The number of unbranched alkanes of at least 4 members (excludes halogenated alkanes) is 61. The molecule has 2 saturated heterocycles. The highest BCUT2D eigenvalue weighted by molar-refractivity contribution is 5.76. The minimum Gasteiger partial charge on any atom is -0.394 e. The third-order valence-electron chi connectivity index (χ3n) is 22.3. The highest BCUT2D eigenvalue weighted by Gasteiger charge is 2.51. The molecule has 14 heteroatoms. The third kappa shape index (κ3) is 55.6. The fourth-order valence-corrected chi connectivity index (χ4v) is 15.2. The van der Waals surface area contributed by atoms with Crippen LogP contribution in [-0.4, -0.2) is 140 Å². The van der Waals surface area contributed by atoms with E-state index in [-0.39, 0.29) is 18.9 Å². The molecule has 0 radical (unpaired) electrons. The van der Waals surface area contributed by atoms with Crippen LogP contribution >= 0.6 is 0 Å². The monoisotopic (exact) mass is 1470 g/mol. The molecule has 0 aromatic carbocycles. The van der Waals surface area contributed by atoms with Crippen molar-refractivity contribution in [1.29, 1.82) is 0 Å². The van der Waals surface area contributed by atoms with Crippen LogP contribution in [0.2, 0.25) is 0 Å². The predicted octanol–water partition coefficient (Wildman–Crippen LogP) is 21.9. The van der Waals surface area contributed by atoms with Crippen molar-refractivity contribution in [3.8, 4) is 0 Å². The zero-order valence-corrected chi connectivity index (χ0v) is 67.8. The van der Waals surface area contributed by atoms with E-state index in [1.54, 1.807) is 6.08 Å². The maximum absolute atomic E-state index is 13.4. The lowest BCUT2D eigenvalue weighted by Gasteiger charge is -2.46. The molecule has 2 aliphatic heterocycles. The molecule has 14 nitrogen and oxygen atoms in total. The van der Waals surface area contributed by atoms with E-state index in [9.17, 15) is 45.6 Å². The van der Waals surface area contributed by atoms with E-state index in [0.717, 1.165) is 44.9 Å². The summed E-state index contributed by atoms with van der Waals surface area (Å²) in [5.74, 6) is -0.244. The number of allylic oxidation sites excluding steroid dienone is 5. The van der Waals surface area contributed by atoms with Gasteiger partial charge in [0.25, 0.3) is 0 Å². The van der Waals surface area contributed by atoms with Crippen LogP contribution in [0, 0.1) is 0 Å². The van der Waals surface area contributed by atoms with Gasteiger partial charge in [0, 0.05) is 6.42 Å². The Hall–Kier alpha value is -1.79. The van der Waals surface area contributed by atoms with Crippen molar-refractivity contribution in [3.05, 3.63) is 36.5 Å². The first-order valence-electron chi connectivity index (χ1n) is 45.2. The Balaban J connectivity index is 1.56.